The van der Waals surface area contributed by atoms with Crippen molar-refractivity contribution in [2.24, 2.45) is 0 Å². The Labute approximate surface area is 117 Å². The number of hydrogen-bond acceptors (Lipinski definition) is 3. The van der Waals surface area contributed by atoms with Gasteiger partial charge in [-0.05, 0) is 45.9 Å². The zero-order valence-electron chi connectivity index (χ0n) is 11.6. The number of halogens is 1. The van der Waals surface area contributed by atoms with Gasteiger partial charge in [0.25, 0.3) is 0 Å². The molecule has 1 saturated heterocycles. The minimum absolute atomic E-state index is 0. The molecule has 1 aliphatic rings. The summed E-state index contributed by atoms with van der Waals surface area (Å²) in [5, 5.41) is 8.76. The van der Waals surface area contributed by atoms with Crippen LogP contribution in [-0.4, -0.2) is 60.1 Å². The maximum atomic E-state index is 10.6. The van der Waals surface area contributed by atoms with Gasteiger partial charge < -0.3 is 10.0 Å². The number of piperidine rings is 1. The van der Waals surface area contributed by atoms with E-state index in [4.69, 9.17) is 5.11 Å². The Balaban J connectivity index is 0.00000289. The number of carboxylic acids is 1. The number of unbranched alkanes of at least 4 members (excludes halogenated alkanes) is 2. The highest BCUT2D eigenvalue weighted by molar-refractivity contribution is 5.85. The van der Waals surface area contributed by atoms with Crippen LogP contribution in [0.4, 0.5) is 0 Å². The molecule has 1 rings (SSSR count). The Kier molecular flexibility index (Phi) is 9.42. The van der Waals surface area contributed by atoms with Crippen LogP contribution in [0.2, 0.25) is 0 Å². The topological polar surface area (TPSA) is 43.8 Å². The Hall–Kier alpha value is -0.320. The van der Waals surface area contributed by atoms with Gasteiger partial charge in [0, 0.05) is 6.04 Å². The highest BCUT2D eigenvalue weighted by Crippen LogP contribution is 2.15. The fourth-order valence-corrected chi connectivity index (χ4v) is 2.51. The van der Waals surface area contributed by atoms with Crippen molar-refractivity contribution in [1.29, 1.82) is 0 Å². The van der Waals surface area contributed by atoms with Crippen molar-refractivity contribution in [2.75, 3.05) is 33.2 Å². The van der Waals surface area contributed by atoms with Gasteiger partial charge >= 0.3 is 5.97 Å². The Morgan fingerprint density at radius 1 is 1.33 bits per heavy atom. The van der Waals surface area contributed by atoms with Crippen LogP contribution in [0.5, 0.6) is 0 Å². The van der Waals surface area contributed by atoms with E-state index in [0.717, 1.165) is 25.9 Å². The number of rotatable bonds is 7. The minimum atomic E-state index is -0.724. The quantitative estimate of drug-likeness (QED) is 0.724. The monoisotopic (exact) mass is 278 g/mol. The molecule has 1 heterocycles. The van der Waals surface area contributed by atoms with Crippen molar-refractivity contribution in [1.82, 2.24) is 9.80 Å². The molecule has 0 amide bonds. The molecule has 0 bridgehead atoms. The van der Waals surface area contributed by atoms with E-state index < -0.39 is 5.97 Å². The van der Waals surface area contributed by atoms with E-state index in [2.05, 4.69) is 11.8 Å². The summed E-state index contributed by atoms with van der Waals surface area (Å²) >= 11 is 0. The van der Waals surface area contributed by atoms with Crippen LogP contribution in [-0.2, 0) is 4.79 Å². The molecule has 0 aromatic heterocycles. The zero-order valence-corrected chi connectivity index (χ0v) is 12.4. The van der Waals surface area contributed by atoms with Gasteiger partial charge in [-0.15, -0.1) is 12.4 Å². The largest absolute Gasteiger partial charge is 0.480 e. The molecule has 0 saturated carbocycles. The molecule has 1 aliphatic heterocycles. The number of likely N-dealkylation sites (N-methyl/N-ethyl adjacent to an activating group) is 1. The summed E-state index contributed by atoms with van der Waals surface area (Å²) in [4.78, 5) is 15.1. The number of likely N-dealkylation sites (tertiary alicyclic amines) is 1. The smallest absolute Gasteiger partial charge is 0.317 e. The third-order valence-electron chi connectivity index (χ3n) is 3.64. The number of hydrogen-bond donors (Lipinski definition) is 1. The third kappa shape index (κ3) is 6.57. The maximum absolute atomic E-state index is 10.6. The fraction of sp³-hybridized carbons (Fsp3) is 0.923. The fourth-order valence-electron chi connectivity index (χ4n) is 2.51. The first-order valence-electron chi connectivity index (χ1n) is 6.78. The highest BCUT2D eigenvalue weighted by Gasteiger charge is 2.22. The van der Waals surface area contributed by atoms with Crippen LogP contribution < -0.4 is 0 Å². The number of carboxylic acid groups (broad SMARTS) is 1. The third-order valence-corrected chi connectivity index (χ3v) is 3.64. The molecule has 1 fully saturated rings. The second kappa shape index (κ2) is 9.59. The van der Waals surface area contributed by atoms with Gasteiger partial charge in [-0.1, -0.05) is 19.8 Å². The van der Waals surface area contributed by atoms with Gasteiger partial charge in [0.05, 0.1) is 6.54 Å². The molecule has 0 unspecified atom stereocenters. The van der Waals surface area contributed by atoms with E-state index in [9.17, 15) is 4.79 Å². The van der Waals surface area contributed by atoms with Crippen LogP contribution in [0.25, 0.3) is 0 Å². The second-order valence-corrected chi connectivity index (χ2v) is 5.09. The van der Waals surface area contributed by atoms with E-state index in [-0.39, 0.29) is 19.0 Å². The molecule has 18 heavy (non-hydrogen) atoms. The van der Waals surface area contributed by atoms with Gasteiger partial charge in [0.2, 0.25) is 0 Å². The molecule has 0 aromatic carbocycles. The lowest BCUT2D eigenvalue weighted by atomic mass is 10.0. The average molecular weight is 279 g/mol. The minimum Gasteiger partial charge on any atom is -0.480 e. The summed E-state index contributed by atoms with van der Waals surface area (Å²) in [6, 6.07) is 0.452. The lowest BCUT2D eigenvalue weighted by Crippen LogP contribution is -2.45. The first-order valence-corrected chi connectivity index (χ1v) is 6.78. The lowest BCUT2D eigenvalue weighted by Gasteiger charge is -2.36. The SMILES string of the molecule is CCCCCN1CCC(N(C)CC(=O)O)CC1.Cl. The predicted octanol–water partition coefficient (Wildman–Crippen LogP) is 2.08. The molecular weight excluding hydrogens is 252 g/mol. The van der Waals surface area contributed by atoms with Crippen molar-refractivity contribution in [3.63, 3.8) is 0 Å². The Bertz CT molecular complexity index is 231. The molecule has 108 valence electrons. The van der Waals surface area contributed by atoms with Crippen molar-refractivity contribution < 1.29 is 9.90 Å². The average Bonchev–Trinajstić information content (AvgIpc) is 2.29. The number of aliphatic carboxylic acids is 1. The normalized spacial score (nSPS) is 17.7. The lowest BCUT2D eigenvalue weighted by molar-refractivity contribution is -0.138. The second-order valence-electron chi connectivity index (χ2n) is 5.09. The van der Waals surface area contributed by atoms with Crippen molar-refractivity contribution >= 4 is 18.4 Å². The van der Waals surface area contributed by atoms with Crippen molar-refractivity contribution in [2.45, 2.75) is 45.1 Å². The molecule has 0 radical (unpaired) electrons. The summed E-state index contributed by atoms with van der Waals surface area (Å²) in [6.07, 6.45) is 6.11. The molecule has 0 aliphatic carbocycles. The number of nitrogens with zero attached hydrogens (tertiary/aromatic N) is 2. The summed E-state index contributed by atoms with van der Waals surface area (Å²) in [5.74, 6) is -0.724. The Morgan fingerprint density at radius 2 is 1.94 bits per heavy atom. The van der Waals surface area contributed by atoms with Gasteiger partial charge in [-0.2, -0.15) is 0 Å². The maximum Gasteiger partial charge on any atom is 0.317 e. The predicted molar refractivity (Wildman–Crippen MR) is 76.5 cm³/mol. The van der Waals surface area contributed by atoms with E-state index in [1.54, 1.807) is 0 Å². The Morgan fingerprint density at radius 3 is 2.44 bits per heavy atom. The van der Waals surface area contributed by atoms with E-state index in [1.807, 2.05) is 11.9 Å². The summed E-state index contributed by atoms with van der Waals surface area (Å²) < 4.78 is 0. The van der Waals surface area contributed by atoms with Crippen LogP contribution in [0.3, 0.4) is 0 Å². The van der Waals surface area contributed by atoms with Crippen molar-refractivity contribution in [3.05, 3.63) is 0 Å². The van der Waals surface area contributed by atoms with Crippen LogP contribution >= 0.6 is 12.4 Å². The van der Waals surface area contributed by atoms with Gasteiger partial charge in [0.1, 0.15) is 0 Å². The van der Waals surface area contributed by atoms with E-state index in [0.29, 0.717) is 6.04 Å². The van der Waals surface area contributed by atoms with Gasteiger partial charge in [-0.25, -0.2) is 0 Å². The zero-order chi connectivity index (χ0) is 12.7. The first kappa shape index (κ1) is 17.7. The van der Waals surface area contributed by atoms with Crippen molar-refractivity contribution in [3.8, 4) is 0 Å². The molecular formula is C13H27ClN2O2. The molecule has 1 N–H and O–H groups in total. The molecule has 4 nitrogen and oxygen atoms in total. The van der Waals surface area contributed by atoms with Gasteiger partial charge in [0.15, 0.2) is 0 Å². The van der Waals surface area contributed by atoms with E-state index in [1.165, 1.54) is 25.8 Å². The van der Waals surface area contributed by atoms with Crippen LogP contribution in [0, 0.1) is 0 Å². The first-order chi connectivity index (χ1) is 8.13. The highest BCUT2D eigenvalue weighted by atomic mass is 35.5. The summed E-state index contributed by atoms with van der Waals surface area (Å²) in [6.45, 7) is 5.85. The standard InChI is InChI=1S/C13H26N2O2.ClH/c1-3-4-5-8-15-9-6-12(7-10-15)14(2)11-13(16)17;/h12H,3-11H2,1-2H3,(H,16,17);1H. The summed E-state index contributed by atoms with van der Waals surface area (Å²) in [5.41, 5.74) is 0. The van der Waals surface area contributed by atoms with Crippen LogP contribution in [0.1, 0.15) is 39.0 Å². The molecule has 5 heteroatoms. The molecule has 0 aromatic rings. The number of carbonyl (C=O) groups is 1. The molecule has 0 atom stereocenters. The van der Waals surface area contributed by atoms with Crippen LogP contribution in [0.15, 0.2) is 0 Å². The van der Waals surface area contributed by atoms with E-state index >= 15 is 0 Å². The molecule has 0 spiro atoms. The summed E-state index contributed by atoms with van der Waals surface area (Å²) in [7, 11) is 1.92. The van der Waals surface area contributed by atoms with Gasteiger partial charge in [-0.3, -0.25) is 9.69 Å².